The van der Waals surface area contributed by atoms with Crippen molar-refractivity contribution in [3.05, 3.63) is 69.5 Å². The van der Waals surface area contributed by atoms with Gasteiger partial charge in [0.1, 0.15) is 16.5 Å². The van der Waals surface area contributed by atoms with Crippen LogP contribution in [0.3, 0.4) is 0 Å². The Balaban J connectivity index is 1.47. The number of sulfonamides is 1. The summed E-state index contributed by atoms with van der Waals surface area (Å²) in [4.78, 5) is 21.2. The molecule has 1 N–H and O–H groups in total. The molecule has 1 aliphatic rings. The van der Waals surface area contributed by atoms with Crippen molar-refractivity contribution in [1.82, 2.24) is 19.2 Å². The lowest BCUT2D eigenvalue weighted by Crippen LogP contribution is -2.48. The van der Waals surface area contributed by atoms with Crippen LogP contribution in [-0.4, -0.2) is 53.8 Å². The maximum atomic E-state index is 13.9. The number of H-pyrrole nitrogens is 1. The summed E-state index contributed by atoms with van der Waals surface area (Å²) in [5, 5.41) is 0.881. The van der Waals surface area contributed by atoms with Gasteiger partial charge in [0.05, 0.1) is 17.4 Å². The topological polar surface area (TPSA) is 86.4 Å². The van der Waals surface area contributed by atoms with E-state index in [9.17, 15) is 17.6 Å². The Hall–Kier alpha value is -2.33. The second-order valence-electron chi connectivity index (χ2n) is 6.78. The monoisotopic (exact) mass is 436 g/mol. The summed E-state index contributed by atoms with van der Waals surface area (Å²) in [5.74, 6) is -0.261. The van der Waals surface area contributed by atoms with Crippen molar-refractivity contribution in [2.45, 2.75) is 11.4 Å². The van der Waals surface area contributed by atoms with Crippen LogP contribution in [0.1, 0.15) is 5.82 Å². The molecule has 1 aliphatic heterocycles. The van der Waals surface area contributed by atoms with Gasteiger partial charge in [-0.15, -0.1) is 0 Å². The van der Waals surface area contributed by atoms with Gasteiger partial charge in [-0.3, -0.25) is 9.69 Å². The SMILES string of the molecule is O=c1[nH]c(CN2CCN(S(=O)(=O)c3ccccc3F)CC2)nc2ccc(Cl)cc12. The molecule has 0 spiro atoms. The highest BCUT2D eigenvalue weighted by Gasteiger charge is 2.30. The Morgan fingerprint density at radius 1 is 1.10 bits per heavy atom. The van der Waals surface area contributed by atoms with E-state index < -0.39 is 15.8 Å². The number of hydrogen-bond acceptors (Lipinski definition) is 5. The van der Waals surface area contributed by atoms with Crippen molar-refractivity contribution in [2.24, 2.45) is 0 Å². The minimum absolute atomic E-state index is 0.226. The van der Waals surface area contributed by atoms with Crippen LogP contribution in [0.5, 0.6) is 0 Å². The maximum absolute atomic E-state index is 13.9. The molecule has 0 unspecified atom stereocenters. The molecule has 0 atom stereocenters. The van der Waals surface area contributed by atoms with Crippen LogP contribution in [0.25, 0.3) is 10.9 Å². The Labute approximate surface area is 171 Å². The van der Waals surface area contributed by atoms with Crippen LogP contribution >= 0.6 is 11.6 Å². The first-order valence-corrected chi connectivity index (χ1v) is 10.8. The number of rotatable bonds is 4. The highest BCUT2D eigenvalue weighted by molar-refractivity contribution is 7.89. The van der Waals surface area contributed by atoms with Crippen LogP contribution in [0, 0.1) is 5.82 Å². The molecular formula is C19H18ClFN4O3S. The minimum Gasteiger partial charge on any atom is -0.309 e. The van der Waals surface area contributed by atoms with Gasteiger partial charge in [-0.25, -0.2) is 17.8 Å². The van der Waals surface area contributed by atoms with Gasteiger partial charge in [-0.05, 0) is 30.3 Å². The highest BCUT2D eigenvalue weighted by atomic mass is 35.5. The Morgan fingerprint density at radius 2 is 1.83 bits per heavy atom. The first-order valence-electron chi connectivity index (χ1n) is 9.00. The average molecular weight is 437 g/mol. The molecule has 1 aromatic heterocycles. The molecular weight excluding hydrogens is 419 g/mol. The number of fused-ring (bicyclic) bond motifs is 1. The van der Waals surface area contributed by atoms with Crippen LogP contribution in [-0.2, 0) is 16.6 Å². The summed E-state index contributed by atoms with van der Waals surface area (Å²) in [6.45, 7) is 1.71. The fourth-order valence-electron chi connectivity index (χ4n) is 3.37. The summed E-state index contributed by atoms with van der Waals surface area (Å²) in [7, 11) is -3.88. The van der Waals surface area contributed by atoms with Crippen molar-refractivity contribution in [3.63, 3.8) is 0 Å². The van der Waals surface area contributed by atoms with Crippen molar-refractivity contribution >= 4 is 32.5 Å². The molecule has 29 heavy (non-hydrogen) atoms. The number of benzene rings is 2. The van der Waals surface area contributed by atoms with E-state index in [1.165, 1.54) is 22.5 Å². The van der Waals surface area contributed by atoms with E-state index in [0.29, 0.717) is 41.4 Å². The largest absolute Gasteiger partial charge is 0.309 e. The van der Waals surface area contributed by atoms with Gasteiger partial charge in [0.2, 0.25) is 10.0 Å². The second-order valence-corrected chi connectivity index (χ2v) is 9.13. The molecule has 1 fully saturated rings. The number of nitrogens with one attached hydrogen (secondary N) is 1. The molecule has 0 bridgehead atoms. The van der Waals surface area contributed by atoms with Crippen molar-refractivity contribution in [3.8, 4) is 0 Å². The van der Waals surface area contributed by atoms with E-state index in [1.54, 1.807) is 18.2 Å². The third kappa shape index (κ3) is 4.04. The zero-order chi connectivity index (χ0) is 20.6. The number of halogens is 2. The van der Waals surface area contributed by atoms with Gasteiger partial charge in [-0.2, -0.15) is 4.31 Å². The molecule has 0 saturated carbocycles. The number of aromatic nitrogens is 2. The predicted octanol–water partition coefficient (Wildman–Crippen LogP) is 2.22. The maximum Gasteiger partial charge on any atom is 0.258 e. The molecule has 3 aromatic rings. The fraction of sp³-hybridized carbons (Fsp3) is 0.263. The third-order valence-corrected chi connectivity index (χ3v) is 7.04. The summed E-state index contributed by atoms with van der Waals surface area (Å²) < 4.78 is 40.6. The van der Waals surface area contributed by atoms with E-state index in [4.69, 9.17) is 11.6 Å². The second kappa shape index (κ2) is 7.83. The molecule has 4 rings (SSSR count). The van der Waals surface area contributed by atoms with Gasteiger partial charge in [-0.1, -0.05) is 23.7 Å². The first kappa shape index (κ1) is 20.0. The van der Waals surface area contributed by atoms with E-state index in [1.807, 2.05) is 4.90 Å². The van der Waals surface area contributed by atoms with Crippen LogP contribution in [0.2, 0.25) is 5.02 Å². The first-order chi connectivity index (χ1) is 13.8. The van der Waals surface area contributed by atoms with Gasteiger partial charge in [0, 0.05) is 31.2 Å². The van der Waals surface area contributed by atoms with E-state index in [-0.39, 0.29) is 23.5 Å². The Bertz CT molecular complexity index is 1220. The molecule has 0 aliphatic carbocycles. The van der Waals surface area contributed by atoms with Gasteiger partial charge >= 0.3 is 0 Å². The summed E-state index contributed by atoms with van der Waals surface area (Å²) >= 11 is 5.92. The molecule has 10 heteroatoms. The van der Waals surface area contributed by atoms with Gasteiger partial charge in [0.15, 0.2) is 0 Å². The van der Waals surface area contributed by atoms with E-state index in [2.05, 4.69) is 9.97 Å². The summed E-state index contributed by atoms with van der Waals surface area (Å²) in [6, 6.07) is 10.3. The Kier molecular flexibility index (Phi) is 5.39. The molecule has 0 radical (unpaired) electrons. The number of piperazine rings is 1. The van der Waals surface area contributed by atoms with Crippen molar-refractivity contribution in [2.75, 3.05) is 26.2 Å². The molecule has 1 saturated heterocycles. The average Bonchev–Trinajstić information content (AvgIpc) is 2.69. The minimum atomic E-state index is -3.88. The number of nitrogens with zero attached hydrogens (tertiary/aromatic N) is 3. The summed E-state index contributed by atoms with van der Waals surface area (Å²) in [5.41, 5.74) is 0.280. The predicted molar refractivity (Wildman–Crippen MR) is 108 cm³/mol. The lowest BCUT2D eigenvalue weighted by Gasteiger charge is -2.33. The van der Waals surface area contributed by atoms with Crippen LogP contribution in [0.4, 0.5) is 4.39 Å². The normalized spacial score (nSPS) is 16.3. The lowest BCUT2D eigenvalue weighted by atomic mass is 10.2. The number of hydrogen-bond donors (Lipinski definition) is 1. The van der Waals surface area contributed by atoms with Crippen LogP contribution < -0.4 is 5.56 Å². The molecule has 2 aromatic carbocycles. The molecule has 2 heterocycles. The smallest absolute Gasteiger partial charge is 0.258 e. The van der Waals surface area contributed by atoms with Crippen LogP contribution in [0.15, 0.2) is 52.2 Å². The molecule has 152 valence electrons. The van der Waals surface area contributed by atoms with Crippen molar-refractivity contribution < 1.29 is 12.8 Å². The Morgan fingerprint density at radius 3 is 2.55 bits per heavy atom. The van der Waals surface area contributed by atoms with E-state index >= 15 is 0 Å². The van der Waals surface area contributed by atoms with Crippen molar-refractivity contribution in [1.29, 1.82) is 0 Å². The zero-order valence-electron chi connectivity index (χ0n) is 15.3. The standard InChI is InChI=1S/C19H18ClFN4O3S/c20-13-5-6-16-14(11-13)19(26)23-18(22-16)12-24-7-9-25(10-8-24)29(27,28)17-4-2-1-3-15(17)21/h1-6,11H,7-10,12H2,(H,22,23,26). The zero-order valence-corrected chi connectivity index (χ0v) is 16.9. The fourth-order valence-corrected chi connectivity index (χ4v) is 5.03. The van der Waals surface area contributed by atoms with Gasteiger partial charge < -0.3 is 4.98 Å². The third-order valence-electron chi connectivity index (χ3n) is 4.88. The van der Waals surface area contributed by atoms with E-state index in [0.717, 1.165) is 6.07 Å². The van der Waals surface area contributed by atoms with Gasteiger partial charge in [0.25, 0.3) is 5.56 Å². The molecule has 7 nitrogen and oxygen atoms in total. The lowest BCUT2D eigenvalue weighted by molar-refractivity contribution is 0.178. The number of aromatic amines is 1. The summed E-state index contributed by atoms with van der Waals surface area (Å²) in [6.07, 6.45) is 0. The molecule has 0 amide bonds. The highest BCUT2D eigenvalue weighted by Crippen LogP contribution is 2.21. The quantitative estimate of drug-likeness (QED) is 0.677.